The van der Waals surface area contributed by atoms with Crippen LogP contribution in [-0.2, 0) is 12.8 Å². The maximum Gasteiger partial charge on any atom is 0.287 e. The van der Waals surface area contributed by atoms with E-state index in [-0.39, 0.29) is 17.3 Å². The van der Waals surface area contributed by atoms with Gasteiger partial charge in [-0.05, 0) is 98.5 Å². The zero-order valence-corrected chi connectivity index (χ0v) is 23.4. The van der Waals surface area contributed by atoms with Crippen molar-refractivity contribution in [3.63, 3.8) is 0 Å². The quantitative estimate of drug-likeness (QED) is 0.271. The summed E-state index contributed by atoms with van der Waals surface area (Å²) >= 11 is 0. The normalized spacial score (nSPS) is 15.6. The number of aliphatic hydroxyl groups excluding tert-OH is 1. The Labute approximate surface area is 230 Å². The Morgan fingerprint density at radius 2 is 1.54 bits per heavy atom. The first-order valence-corrected chi connectivity index (χ1v) is 13.6. The molecular weight excluding hydrogens is 486 g/mol. The van der Waals surface area contributed by atoms with Crippen molar-refractivity contribution >= 4 is 5.91 Å². The van der Waals surface area contributed by atoms with Crippen molar-refractivity contribution in [3.05, 3.63) is 123 Å². The summed E-state index contributed by atoms with van der Waals surface area (Å²) in [6.45, 7) is 10.7. The second-order valence-electron chi connectivity index (χ2n) is 11.2. The molecule has 202 valence electrons. The Kier molecular flexibility index (Phi) is 7.37. The lowest BCUT2D eigenvalue weighted by molar-refractivity contribution is 0.0804. The number of rotatable bonds is 7. The van der Waals surface area contributed by atoms with Gasteiger partial charge in [0.1, 0.15) is 23.2 Å². The highest BCUT2D eigenvalue weighted by atomic mass is 16.5. The number of carbonyl (C=O) groups excluding carboxylic acids is 1. The molecule has 0 fully saturated rings. The van der Waals surface area contributed by atoms with Crippen LogP contribution >= 0.6 is 0 Å². The van der Waals surface area contributed by atoms with Crippen LogP contribution in [-0.4, -0.2) is 16.6 Å². The number of ether oxygens (including phenoxy) is 1. The number of aliphatic hydroxyl groups is 1. The molecular formula is C34H37NO4. The lowest BCUT2D eigenvalue weighted by Gasteiger charge is -2.35. The number of nitrogens with one attached hydrogen (secondary N) is 1. The summed E-state index contributed by atoms with van der Waals surface area (Å²) in [5.41, 5.74) is 7.48. The Morgan fingerprint density at radius 1 is 0.897 bits per heavy atom. The SMILES string of the molecule is Cc1c(C)c2c(c(C)c1Cc1ccc(C(=O)N[C@H](c3ccccc3)[C@@H](O)c3ccccc3)o1)CCC(C)(C)O2. The fourth-order valence-corrected chi connectivity index (χ4v) is 5.54. The van der Waals surface area contributed by atoms with Gasteiger partial charge in [0.15, 0.2) is 5.76 Å². The minimum Gasteiger partial charge on any atom is -0.487 e. The minimum absolute atomic E-state index is 0.160. The highest BCUT2D eigenvalue weighted by Crippen LogP contribution is 2.41. The van der Waals surface area contributed by atoms with E-state index in [0.29, 0.717) is 6.42 Å². The van der Waals surface area contributed by atoms with Gasteiger partial charge in [-0.25, -0.2) is 0 Å². The van der Waals surface area contributed by atoms with Crippen LogP contribution in [0.15, 0.2) is 77.2 Å². The molecule has 2 heterocycles. The fraction of sp³-hybridized carbons (Fsp3) is 0.324. The average molecular weight is 524 g/mol. The van der Waals surface area contributed by atoms with Crippen LogP contribution in [0.1, 0.15) is 87.7 Å². The largest absolute Gasteiger partial charge is 0.487 e. The second-order valence-corrected chi connectivity index (χ2v) is 11.2. The molecule has 1 aliphatic rings. The van der Waals surface area contributed by atoms with Gasteiger partial charge in [0, 0.05) is 6.42 Å². The van der Waals surface area contributed by atoms with E-state index in [1.165, 1.54) is 27.8 Å². The molecule has 0 aliphatic carbocycles. The van der Waals surface area contributed by atoms with Crippen LogP contribution in [0.4, 0.5) is 0 Å². The molecule has 1 aromatic heterocycles. The molecule has 3 aromatic carbocycles. The smallest absolute Gasteiger partial charge is 0.287 e. The van der Waals surface area contributed by atoms with Crippen molar-refractivity contribution in [1.82, 2.24) is 5.32 Å². The molecule has 0 spiro atoms. The van der Waals surface area contributed by atoms with Crippen molar-refractivity contribution in [3.8, 4) is 5.75 Å². The number of furan rings is 1. The van der Waals surface area contributed by atoms with E-state index in [2.05, 4.69) is 39.9 Å². The molecule has 1 aliphatic heterocycles. The van der Waals surface area contributed by atoms with Crippen LogP contribution in [0.25, 0.3) is 0 Å². The lowest BCUT2D eigenvalue weighted by atomic mass is 9.84. The fourth-order valence-electron chi connectivity index (χ4n) is 5.54. The average Bonchev–Trinajstić information content (AvgIpc) is 3.42. The predicted octanol–water partition coefficient (Wildman–Crippen LogP) is 7.10. The van der Waals surface area contributed by atoms with Crippen molar-refractivity contribution < 1.29 is 19.1 Å². The van der Waals surface area contributed by atoms with Crippen LogP contribution in [0.2, 0.25) is 0 Å². The van der Waals surface area contributed by atoms with E-state index >= 15 is 0 Å². The molecule has 0 saturated carbocycles. The van der Waals surface area contributed by atoms with Gasteiger partial charge >= 0.3 is 0 Å². The molecule has 1 amide bonds. The monoisotopic (exact) mass is 523 g/mol. The first kappa shape index (κ1) is 26.8. The molecule has 0 unspecified atom stereocenters. The van der Waals surface area contributed by atoms with E-state index in [4.69, 9.17) is 9.15 Å². The van der Waals surface area contributed by atoms with Gasteiger partial charge in [-0.3, -0.25) is 4.79 Å². The third kappa shape index (κ3) is 5.50. The second kappa shape index (κ2) is 10.7. The topological polar surface area (TPSA) is 71.7 Å². The van der Waals surface area contributed by atoms with Gasteiger partial charge in [0.2, 0.25) is 0 Å². The summed E-state index contributed by atoms with van der Waals surface area (Å²) in [6, 6.07) is 21.8. The van der Waals surface area contributed by atoms with Crippen LogP contribution in [0.5, 0.6) is 5.75 Å². The first-order valence-electron chi connectivity index (χ1n) is 13.6. The lowest BCUT2D eigenvalue weighted by Crippen LogP contribution is -2.33. The van der Waals surface area contributed by atoms with Gasteiger partial charge in [-0.2, -0.15) is 0 Å². The number of fused-ring (bicyclic) bond motifs is 1. The Bertz CT molecular complexity index is 1470. The van der Waals surface area contributed by atoms with Crippen molar-refractivity contribution in [2.45, 2.75) is 71.6 Å². The highest BCUT2D eigenvalue weighted by Gasteiger charge is 2.31. The number of amides is 1. The molecule has 39 heavy (non-hydrogen) atoms. The molecule has 0 saturated heterocycles. The van der Waals surface area contributed by atoms with Crippen molar-refractivity contribution in [2.75, 3.05) is 0 Å². The summed E-state index contributed by atoms with van der Waals surface area (Å²) in [5, 5.41) is 14.2. The molecule has 2 atom stereocenters. The molecule has 4 aromatic rings. The first-order chi connectivity index (χ1) is 18.6. The summed E-state index contributed by atoms with van der Waals surface area (Å²) in [5.74, 6) is 1.60. The minimum atomic E-state index is -0.914. The van der Waals surface area contributed by atoms with Crippen LogP contribution < -0.4 is 10.1 Å². The predicted molar refractivity (Wildman–Crippen MR) is 153 cm³/mol. The van der Waals surface area contributed by atoms with Gasteiger partial charge in [-0.1, -0.05) is 60.7 Å². The summed E-state index contributed by atoms with van der Waals surface area (Å²) in [7, 11) is 0. The third-order valence-corrected chi connectivity index (χ3v) is 8.03. The molecule has 0 radical (unpaired) electrons. The highest BCUT2D eigenvalue weighted by molar-refractivity contribution is 5.91. The number of hydrogen-bond donors (Lipinski definition) is 2. The summed E-state index contributed by atoms with van der Waals surface area (Å²) < 4.78 is 12.5. The van der Waals surface area contributed by atoms with E-state index in [1.54, 1.807) is 6.07 Å². The summed E-state index contributed by atoms with van der Waals surface area (Å²) in [4.78, 5) is 13.3. The van der Waals surface area contributed by atoms with Crippen molar-refractivity contribution in [1.29, 1.82) is 0 Å². The summed E-state index contributed by atoms with van der Waals surface area (Å²) in [6.07, 6.45) is 1.64. The maximum absolute atomic E-state index is 13.3. The van der Waals surface area contributed by atoms with E-state index in [0.717, 1.165) is 35.5 Å². The van der Waals surface area contributed by atoms with Crippen LogP contribution in [0, 0.1) is 20.8 Å². The zero-order chi connectivity index (χ0) is 27.7. The molecule has 5 nitrogen and oxygen atoms in total. The maximum atomic E-state index is 13.3. The van der Waals surface area contributed by atoms with Gasteiger partial charge in [-0.15, -0.1) is 0 Å². The molecule has 5 heteroatoms. The van der Waals surface area contributed by atoms with Crippen molar-refractivity contribution in [2.24, 2.45) is 0 Å². The van der Waals surface area contributed by atoms with E-state index in [9.17, 15) is 9.90 Å². The van der Waals surface area contributed by atoms with E-state index < -0.39 is 12.1 Å². The van der Waals surface area contributed by atoms with Gasteiger partial charge < -0.3 is 19.6 Å². The number of hydrogen-bond acceptors (Lipinski definition) is 4. The van der Waals surface area contributed by atoms with E-state index in [1.807, 2.05) is 66.7 Å². The van der Waals surface area contributed by atoms with Gasteiger partial charge in [0.05, 0.1) is 6.04 Å². The Morgan fingerprint density at radius 3 is 2.21 bits per heavy atom. The zero-order valence-electron chi connectivity index (χ0n) is 23.4. The number of benzene rings is 3. The van der Waals surface area contributed by atoms with Crippen LogP contribution in [0.3, 0.4) is 0 Å². The standard InChI is InChI=1S/C34H37NO4/c1-21-22(2)32-27(18-19-34(4,5)39-32)23(3)28(21)20-26-16-17-29(38-26)33(37)35-30(24-12-8-6-9-13-24)31(36)25-14-10-7-11-15-25/h6-17,30-31,36H,18-20H2,1-5H3,(H,35,37)/t30-,31+/m1/s1. The Hall–Kier alpha value is -3.83. The Balaban J connectivity index is 1.38. The molecule has 2 N–H and O–H groups in total. The molecule has 5 rings (SSSR count). The molecule has 0 bridgehead atoms. The van der Waals surface area contributed by atoms with Gasteiger partial charge in [0.25, 0.3) is 5.91 Å². The third-order valence-electron chi connectivity index (χ3n) is 8.03. The number of carbonyl (C=O) groups is 1.